The van der Waals surface area contributed by atoms with Crippen molar-refractivity contribution in [2.24, 2.45) is 0 Å². The molecule has 5 heteroatoms. The van der Waals surface area contributed by atoms with Crippen LogP contribution < -0.4 is 0 Å². The van der Waals surface area contributed by atoms with E-state index in [4.69, 9.17) is 0 Å². The number of allylic oxidation sites excluding steroid dienone is 2. The fourth-order valence-electron chi connectivity index (χ4n) is 0.830. The molecule has 1 aliphatic rings. The monoisotopic (exact) mass is 182 g/mol. The summed E-state index contributed by atoms with van der Waals surface area (Å²) in [6.45, 7) is 0. The van der Waals surface area contributed by atoms with E-state index in [1.54, 1.807) is 0 Å². The molecule has 0 amide bonds. The standard InChI is InChI=1S/C7H6F4O/c8-5-3-1-2-4-6(5)12-7(9,10)11/h2-4,6H,1H2. The summed E-state index contributed by atoms with van der Waals surface area (Å²) in [5.74, 6) is -0.894. The Labute approximate surface area is 66.3 Å². The first-order chi connectivity index (χ1) is 5.49. The number of rotatable bonds is 1. The zero-order valence-corrected chi connectivity index (χ0v) is 5.94. The molecule has 0 aromatic carbocycles. The maximum atomic E-state index is 12.6. The SMILES string of the molecule is FC1=CCC=CC1OC(F)(F)F. The summed E-state index contributed by atoms with van der Waals surface area (Å²) in [6.07, 6.45) is -2.57. The quantitative estimate of drug-likeness (QED) is 0.447. The van der Waals surface area contributed by atoms with Gasteiger partial charge in [0.05, 0.1) is 0 Å². The van der Waals surface area contributed by atoms with E-state index in [9.17, 15) is 17.6 Å². The topological polar surface area (TPSA) is 9.23 Å². The van der Waals surface area contributed by atoms with Crippen LogP contribution in [0.5, 0.6) is 0 Å². The molecule has 0 aromatic heterocycles. The molecule has 0 aromatic rings. The van der Waals surface area contributed by atoms with Crippen molar-refractivity contribution < 1.29 is 22.3 Å². The van der Waals surface area contributed by atoms with Gasteiger partial charge in [0.2, 0.25) is 0 Å². The summed E-state index contributed by atoms with van der Waals surface area (Å²) in [7, 11) is 0. The molecule has 1 atom stereocenters. The van der Waals surface area contributed by atoms with Gasteiger partial charge in [-0.3, -0.25) is 4.74 Å². The Morgan fingerprint density at radius 3 is 2.58 bits per heavy atom. The number of alkyl halides is 3. The average molecular weight is 182 g/mol. The van der Waals surface area contributed by atoms with Crippen LogP contribution in [0, 0.1) is 0 Å². The molecule has 0 fully saturated rings. The predicted molar refractivity (Wildman–Crippen MR) is 33.9 cm³/mol. The van der Waals surface area contributed by atoms with Crippen molar-refractivity contribution in [3.05, 3.63) is 24.1 Å². The first-order valence-corrected chi connectivity index (χ1v) is 3.26. The average Bonchev–Trinajstić information content (AvgIpc) is 1.91. The normalized spacial score (nSPS) is 24.0. The molecule has 0 saturated carbocycles. The zero-order chi connectivity index (χ0) is 9.19. The molecule has 1 unspecified atom stereocenters. The highest BCUT2D eigenvalue weighted by Gasteiger charge is 2.34. The molecule has 0 N–H and O–H groups in total. The Bertz CT molecular complexity index is 216. The van der Waals surface area contributed by atoms with Crippen LogP contribution in [0.15, 0.2) is 24.1 Å². The van der Waals surface area contributed by atoms with Crippen molar-refractivity contribution in [2.75, 3.05) is 0 Å². The largest absolute Gasteiger partial charge is 0.523 e. The lowest BCUT2D eigenvalue weighted by Crippen LogP contribution is -2.23. The smallest absolute Gasteiger partial charge is 0.277 e. The van der Waals surface area contributed by atoms with Crippen molar-refractivity contribution >= 4 is 0 Å². The highest BCUT2D eigenvalue weighted by Crippen LogP contribution is 2.25. The predicted octanol–water partition coefficient (Wildman–Crippen LogP) is 2.70. The van der Waals surface area contributed by atoms with Gasteiger partial charge in [-0.2, -0.15) is 0 Å². The van der Waals surface area contributed by atoms with E-state index < -0.39 is 18.3 Å². The van der Waals surface area contributed by atoms with E-state index in [-0.39, 0.29) is 0 Å². The molecule has 0 spiro atoms. The lowest BCUT2D eigenvalue weighted by molar-refractivity contribution is -0.333. The van der Waals surface area contributed by atoms with E-state index in [1.807, 2.05) is 0 Å². The van der Waals surface area contributed by atoms with Gasteiger partial charge in [0.15, 0.2) is 0 Å². The summed E-state index contributed by atoms with van der Waals surface area (Å²) in [5.41, 5.74) is 0. The Hall–Kier alpha value is -0.840. The number of halogens is 4. The van der Waals surface area contributed by atoms with Crippen LogP contribution in [0.25, 0.3) is 0 Å². The lowest BCUT2D eigenvalue weighted by atomic mass is 10.1. The molecule has 0 bridgehead atoms. The third-order valence-electron chi connectivity index (χ3n) is 1.29. The van der Waals surface area contributed by atoms with E-state index in [1.165, 1.54) is 6.08 Å². The third-order valence-corrected chi connectivity index (χ3v) is 1.29. The minimum absolute atomic E-state index is 0.309. The van der Waals surface area contributed by atoms with Gasteiger partial charge in [-0.1, -0.05) is 12.2 Å². The van der Waals surface area contributed by atoms with Gasteiger partial charge >= 0.3 is 6.36 Å². The molecule has 1 nitrogen and oxygen atoms in total. The molecule has 12 heavy (non-hydrogen) atoms. The maximum absolute atomic E-state index is 12.6. The van der Waals surface area contributed by atoms with Crippen LogP contribution in [-0.4, -0.2) is 12.5 Å². The van der Waals surface area contributed by atoms with Crippen molar-refractivity contribution in [2.45, 2.75) is 18.9 Å². The van der Waals surface area contributed by atoms with Crippen molar-refractivity contribution in [3.8, 4) is 0 Å². The Morgan fingerprint density at radius 1 is 1.42 bits per heavy atom. The Morgan fingerprint density at radius 2 is 2.08 bits per heavy atom. The molecular weight excluding hydrogens is 176 g/mol. The fraction of sp³-hybridized carbons (Fsp3) is 0.429. The minimum Gasteiger partial charge on any atom is -0.277 e. The summed E-state index contributed by atoms with van der Waals surface area (Å²) in [5, 5.41) is 0. The van der Waals surface area contributed by atoms with Gasteiger partial charge in [0, 0.05) is 0 Å². The molecule has 0 saturated heterocycles. The number of hydrogen-bond donors (Lipinski definition) is 0. The van der Waals surface area contributed by atoms with Gasteiger partial charge in [0.25, 0.3) is 0 Å². The van der Waals surface area contributed by atoms with E-state index in [0.717, 1.165) is 12.2 Å². The van der Waals surface area contributed by atoms with Gasteiger partial charge in [-0.05, 0) is 12.5 Å². The first kappa shape index (κ1) is 9.25. The minimum atomic E-state index is -4.79. The van der Waals surface area contributed by atoms with E-state index in [0.29, 0.717) is 6.42 Å². The van der Waals surface area contributed by atoms with Crippen LogP contribution in [0.2, 0.25) is 0 Å². The van der Waals surface area contributed by atoms with E-state index in [2.05, 4.69) is 4.74 Å². The molecule has 68 valence electrons. The van der Waals surface area contributed by atoms with E-state index >= 15 is 0 Å². The fourth-order valence-corrected chi connectivity index (χ4v) is 0.830. The summed E-state index contributed by atoms with van der Waals surface area (Å²) in [4.78, 5) is 0. The second-order valence-electron chi connectivity index (χ2n) is 2.24. The highest BCUT2D eigenvalue weighted by atomic mass is 19.4. The van der Waals surface area contributed by atoms with Crippen LogP contribution in [-0.2, 0) is 4.74 Å². The molecule has 0 heterocycles. The van der Waals surface area contributed by atoms with Gasteiger partial charge in [0.1, 0.15) is 11.9 Å². The second kappa shape index (κ2) is 3.26. The lowest BCUT2D eigenvalue weighted by Gasteiger charge is -2.16. The van der Waals surface area contributed by atoms with Crippen molar-refractivity contribution in [1.29, 1.82) is 0 Å². The third kappa shape index (κ3) is 2.65. The Balaban J connectivity index is 2.57. The molecular formula is C7H6F4O. The van der Waals surface area contributed by atoms with Gasteiger partial charge in [-0.15, -0.1) is 13.2 Å². The molecule has 0 aliphatic heterocycles. The highest BCUT2D eigenvalue weighted by molar-refractivity contribution is 5.16. The summed E-state index contributed by atoms with van der Waals surface area (Å²) >= 11 is 0. The van der Waals surface area contributed by atoms with Crippen molar-refractivity contribution in [3.63, 3.8) is 0 Å². The maximum Gasteiger partial charge on any atom is 0.523 e. The molecule has 1 aliphatic carbocycles. The van der Waals surface area contributed by atoms with Crippen LogP contribution in [0.4, 0.5) is 17.6 Å². The van der Waals surface area contributed by atoms with Crippen LogP contribution in [0.1, 0.15) is 6.42 Å². The molecule has 0 radical (unpaired) electrons. The van der Waals surface area contributed by atoms with Gasteiger partial charge < -0.3 is 0 Å². The first-order valence-electron chi connectivity index (χ1n) is 3.26. The van der Waals surface area contributed by atoms with Crippen molar-refractivity contribution in [1.82, 2.24) is 0 Å². The second-order valence-corrected chi connectivity index (χ2v) is 2.24. The van der Waals surface area contributed by atoms with Crippen LogP contribution in [0.3, 0.4) is 0 Å². The zero-order valence-electron chi connectivity index (χ0n) is 5.94. The summed E-state index contributed by atoms with van der Waals surface area (Å²) in [6, 6.07) is 0. The van der Waals surface area contributed by atoms with Gasteiger partial charge in [-0.25, -0.2) is 4.39 Å². The van der Waals surface area contributed by atoms with Crippen LogP contribution >= 0.6 is 0 Å². The summed E-state index contributed by atoms with van der Waals surface area (Å²) < 4.78 is 50.7. The molecule has 1 rings (SSSR count). The number of hydrogen-bond acceptors (Lipinski definition) is 1. The Kier molecular flexibility index (Phi) is 2.52. The number of ether oxygens (including phenoxy) is 1.